The third-order valence-corrected chi connectivity index (χ3v) is 7.11. The van der Waals surface area contributed by atoms with E-state index >= 15 is 0 Å². The lowest BCUT2D eigenvalue weighted by Crippen LogP contribution is -2.49. The summed E-state index contributed by atoms with van der Waals surface area (Å²) in [4.78, 5) is 34.4. The molecule has 188 valence electrons. The summed E-state index contributed by atoms with van der Waals surface area (Å²) >= 11 is 0. The lowest BCUT2D eigenvalue weighted by molar-refractivity contribution is -0.136. The van der Waals surface area contributed by atoms with Gasteiger partial charge in [0.05, 0.1) is 17.5 Å². The van der Waals surface area contributed by atoms with Crippen LogP contribution in [0.25, 0.3) is 11.0 Å². The average molecular weight is 480 g/mol. The van der Waals surface area contributed by atoms with E-state index in [0.29, 0.717) is 43.4 Å². The van der Waals surface area contributed by atoms with Crippen LogP contribution in [0.3, 0.4) is 0 Å². The van der Waals surface area contributed by atoms with Gasteiger partial charge in [-0.05, 0) is 57.5 Å². The van der Waals surface area contributed by atoms with E-state index in [9.17, 15) is 14.7 Å². The second-order valence-electron chi connectivity index (χ2n) is 10.2. The second-order valence-corrected chi connectivity index (χ2v) is 10.2. The van der Waals surface area contributed by atoms with Crippen molar-refractivity contribution in [2.45, 2.75) is 57.2 Å². The first-order chi connectivity index (χ1) is 16.8. The maximum absolute atomic E-state index is 13.1. The van der Waals surface area contributed by atoms with Gasteiger partial charge in [0, 0.05) is 32.3 Å². The number of benzene rings is 1. The number of hydrogen-bond donors (Lipinski definition) is 1. The number of rotatable bonds is 9. The van der Waals surface area contributed by atoms with Gasteiger partial charge in [-0.25, -0.2) is 4.98 Å². The zero-order valence-electron chi connectivity index (χ0n) is 21.1. The van der Waals surface area contributed by atoms with Gasteiger partial charge in [0.2, 0.25) is 5.91 Å². The highest BCUT2D eigenvalue weighted by atomic mass is 16.3. The Morgan fingerprint density at radius 3 is 2.54 bits per heavy atom. The van der Waals surface area contributed by atoms with Crippen LogP contribution in [0, 0.1) is 0 Å². The van der Waals surface area contributed by atoms with Crippen LogP contribution in [0.15, 0.2) is 53.7 Å². The van der Waals surface area contributed by atoms with Gasteiger partial charge in [-0.15, -0.1) is 0 Å². The van der Waals surface area contributed by atoms with Gasteiger partial charge in [-0.3, -0.25) is 14.2 Å². The largest absolute Gasteiger partial charge is 0.388 e. The van der Waals surface area contributed by atoms with Crippen LogP contribution in [-0.2, 0) is 17.9 Å². The summed E-state index contributed by atoms with van der Waals surface area (Å²) in [5.74, 6) is 0.260. The molecule has 8 nitrogen and oxygen atoms in total. The van der Waals surface area contributed by atoms with Crippen molar-refractivity contribution in [3.63, 3.8) is 0 Å². The lowest BCUT2D eigenvalue weighted by atomic mass is 9.90. The number of nitrogens with zero attached hydrogens (tertiary/aromatic N) is 5. The number of aliphatic hydroxyl groups is 1. The predicted octanol–water partition coefficient (Wildman–Crippen LogP) is 2.70. The Hall–Kier alpha value is -2.97. The molecule has 0 bridgehead atoms. The molecule has 0 radical (unpaired) electrons. The Morgan fingerprint density at radius 2 is 1.86 bits per heavy atom. The molecule has 1 saturated heterocycles. The third kappa shape index (κ3) is 6.00. The van der Waals surface area contributed by atoms with Gasteiger partial charge in [0.25, 0.3) is 5.56 Å². The maximum atomic E-state index is 13.1. The molecule has 1 aliphatic heterocycles. The Balaban J connectivity index is 1.36. The summed E-state index contributed by atoms with van der Waals surface area (Å²) in [7, 11) is 4.09. The van der Waals surface area contributed by atoms with Crippen molar-refractivity contribution < 1.29 is 9.90 Å². The van der Waals surface area contributed by atoms with Crippen LogP contribution in [-0.4, -0.2) is 74.3 Å². The molecule has 2 aromatic heterocycles. The van der Waals surface area contributed by atoms with Crippen LogP contribution in [0.5, 0.6) is 0 Å². The fourth-order valence-electron chi connectivity index (χ4n) is 4.89. The van der Waals surface area contributed by atoms with E-state index in [0.717, 1.165) is 25.1 Å². The molecule has 8 heteroatoms. The number of piperidine rings is 1. The van der Waals surface area contributed by atoms with E-state index in [-0.39, 0.29) is 23.9 Å². The average Bonchev–Trinajstić information content (AvgIpc) is 3.25. The first kappa shape index (κ1) is 25.1. The molecule has 35 heavy (non-hydrogen) atoms. The molecule has 3 heterocycles. The Kier molecular flexibility index (Phi) is 7.72. The number of fused-ring (bicyclic) bond motifs is 1. The maximum Gasteiger partial charge on any atom is 0.262 e. The fraction of sp³-hybridized carbons (Fsp3) is 0.519. The third-order valence-electron chi connectivity index (χ3n) is 7.11. The summed E-state index contributed by atoms with van der Waals surface area (Å²) < 4.78 is 3.53. The molecule has 1 aromatic carbocycles. The SMILES string of the molecule is C[C@H](CC(=O)N1CCC(O)(Cn2cnc3c(ccn3CCCN(C)C)c2=O)CC1)c1ccccc1. The van der Waals surface area contributed by atoms with Crippen molar-refractivity contribution >= 4 is 16.9 Å². The van der Waals surface area contributed by atoms with Crippen LogP contribution in [0.4, 0.5) is 0 Å². The minimum Gasteiger partial charge on any atom is -0.388 e. The van der Waals surface area contributed by atoms with E-state index in [4.69, 9.17) is 0 Å². The highest BCUT2D eigenvalue weighted by molar-refractivity contribution is 5.77. The van der Waals surface area contributed by atoms with E-state index < -0.39 is 5.60 Å². The van der Waals surface area contributed by atoms with Crippen molar-refractivity contribution in [3.8, 4) is 0 Å². The Bertz CT molecular complexity index is 1190. The number of aryl methyl sites for hydroxylation is 1. The summed E-state index contributed by atoms with van der Waals surface area (Å²) in [6, 6.07) is 11.9. The number of hydrogen-bond acceptors (Lipinski definition) is 5. The Morgan fingerprint density at radius 1 is 1.14 bits per heavy atom. The summed E-state index contributed by atoms with van der Waals surface area (Å²) in [6.45, 7) is 5.00. The van der Waals surface area contributed by atoms with Gasteiger partial charge >= 0.3 is 0 Å². The van der Waals surface area contributed by atoms with Gasteiger partial charge in [-0.1, -0.05) is 37.3 Å². The molecule has 0 unspecified atom stereocenters. The minimum atomic E-state index is -1.03. The quantitative estimate of drug-likeness (QED) is 0.510. The molecule has 1 N–H and O–H groups in total. The van der Waals surface area contributed by atoms with Gasteiger partial charge in [0.15, 0.2) is 0 Å². The summed E-state index contributed by atoms with van der Waals surface area (Å²) in [6.07, 6.45) is 5.76. The Labute approximate surface area is 206 Å². The predicted molar refractivity (Wildman–Crippen MR) is 137 cm³/mol. The highest BCUT2D eigenvalue weighted by Gasteiger charge is 2.35. The second kappa shape index (κ2) is 10.7. The standard InChI is InChI=1S/C27H37N5O3/c1-21(22-8-5-4-6-9-22)18-24(33)30-16-11-27(35,12-17-30)19-32-20-28-25-23(26(32)34)10-15-31(25)14-7-13-29(2)3/h4-6,8-10,15,20-21,35H,7,11-14,16-19H2,1-3H3/t21-/m1/s1. The van der Waals surface area contributed by atoms with Gasteiger partial charge in [0.1, 0.15) is 12.0 Å². The molecule has 1 fully saturated rings. The zero-order valence-corrected chi connectivity index (χ0v) is 21.1. The van der Waals surface area contributed by atoms with Crippen molar-refractivity contribution in [2.75, 3.05) is 33.7 Å². The normalized spacial score (nSPS) is 16.7. The summed E-state index contributed by atoms with van der Waals surface area (Å²) in [5.41, 5.74) is 0.674. The van der Waals surface area contributed by atoms with Crippen LogP contribution in [0.1, 0.15) is 44.1 Å². The lowest BCUT2D eigenvalue weighted by Gasteiger charge is -2.38. The number of carbonyl (C=O) groups excluding carboxylic acids is 1. The first-order valence-corrected chi connectivity index (χ1v) is 12.5. The van der Waals surface area contributed by atoms with Crippen molar-refractivity contribution in [2.24, 2.45) is 0 Å². The molecule has 3 aromatic rings. The van der Waals surface area contributed by atoms with Gasteiger partial charge in [-0.2, -0.15) is 0 Å². The topological polar surface area (TPSA) is 83.6 Å². The first-order valence-electron chi connectivity index (χ1n) is 12.5. The van der Waals surface area contributed by atoms with Crippen molar-refractivity contribution in [1.82, 2.24) is 23.9 Å². The van der Waals surface area contributed by atoms with Crippen LogP contribution in [0.2, 0.25) is 0 Å². The number of likely N-dealkylation sites (tertiary alicyclic amines) is 1. The van der Waals surface area contributed by atoms with E-state index in [1.807, 2.05) is 66.2 Å². The zero-order chi connectivity index (χ0) is 25.0. The summed E-state index contributed by atoms with van der Waals surface area (Å²) in [5, 5.41) is 11.8. The van der Waals surface area contributed by atoms with Gasteiger partial charge < -0.3 is 19.5 Å². The van der Waals surface area contributed by atoms with E-state index in [1.54, 1.807) is 6.33 Å². The smallest absolute Gasteiger partial charge is 0.262 e. The van der Waals surface area contributed by atoms with E-state index in [1.165, 1.54) is 4.57 Å². The van der Waals surface area contributed by atoms with Crippen LogP contribution < -0.4 is 5.56 Å². The molecule has 4 rings (SSSR count). The van der Waals surface area contributed by atoms with E-state index in [2.05, 4.69) is 16.8 Å². The van der Waals surface area contributed by atoms with Crippen LogP contribution >= 0.6 is 0 Å². The molecule has 1 amide bonds. The minimum absolute atomic E-state index is 0.110. The number of amides is 1. The molecule has 1 aliphatic rings. The molecule has 0 saturated carbocycles. The highest BCUT2D eigenvalue weighted by Crippen LogP contribution is 2.26. The molecule has 1 atom stereocenters. The molecular formula is C27H37N5O3. The monoisotopic (exact) mass is 479 g/mol. The van der Waals surface area contributed by atoms with Crippen molar-refractivity contribution in [3.05, 3.63) is 64.8 Å². The molecule has 0 spiro atoms. The number of carbonyl (C=O) groups is 1. The van der Waals surface area contributed by atoms with Crippen molar-refractivity contribution in [1.29, 1.82) is 0 Å². The fourth-order valence-corrected chi connectivity index (χ4v) is 4.89. The number of aromatic nitrogens is 3. The molecule has 0 aliphatic carbocycles. The molecular weight excluding hydrogens is 442 g/mol.